The van der Waals surface area contributed by atoms with Crippen molar-refractivity contribution in [1.82, 2.24) is 10.6 Å². The van der Waals surface area contributed by atoms with Gasteiger partial charge in [0.15, 0.2) is 0 Å². The van der Waals surface area contributed by atoms with Gasteiger partial charge in [0.25, 0.3) is 33.5 Å². The number of carbonyl (C=O) groups is 2. The maximum Gasteiger partial charge on any atom is 0.254 e. The van der Waals surface area contributed by atoms with E-state index in [0.717, 1.165) is 5.56 Å². The third-order valence-electron chi connectivity index (χ3n) is 12.9. The Bertz CT molecular complexity index is 3080. The maximum atomic E-state index is 15.5. The molecule has 0 unspecified atom stereocenters. The normalized spacial score (nSPS) is 16.9. The minimum absolute atomic E-state index is 0.0443. The van der Waals surface area contributed by atoms with Crippen LogP contribution in [0.25, 0.3) is 0 Å². The largest absolute Gasteiger partial charge is 0.464 e. The van der Waals surface area contributed by atoms with Crippen molar-refractivity contribution in [3.63, 3.8) is 0 Å². The fraction of sp³-hybridized carbons (Fsp3) is 0.388. The number of fused-ring (bicyclic) bond motifs is 2. The van der Waals surface area contributed by atoms with E-state index in [0.29, 0.717) is 59.0 Å². The second-order valence-electron chi connectivity index (χ2n) is 19.2. The minimum Gasteiger partial charge on any atom is -0.464 e. The summed E-state index contributed by atoms with van der Waals surface area (Å²) in [4.78, 5) is 78.0. The Balaban J connectivity index is 1.01. The van der Waals surface area contributed by atoms with Crippen LogP contribution in [-0.4, -0.2) is 11.8 Å². The van der Waals surface area contributed by atoms with Crippen molar-refractivity contribution in [3.05, 3.63) is 145 Å². The first-order valence-electron chi connectivity index (χ1n) is 21.6. The van der Waals surface area contributed by atoms with Gasteiger partial charge in [-0.3, -0.25) is 28.8 Å². The van der Waals surface area contributed by atoms with Crippen molar-refractivity contribution in [2.45, 2.75) is 113 Å². The van der Waals surface area contributed by atoms with Gasteiger partial charge in [0.2, 0.25) is 0 Å². The van der Waals surface area contributed by atoms with Crippen LogP contribution in [0.4, 0.5) is 42.9 Å². The highest BCUT2D eigenvalue weighted by Crippen LogP contribution is 2.44. The van der Waals surface area contributed by atoms with Gasteiger partial charge in [-0.05, 0) is 111 Å². The molecule has 340 valence electrons. The molecular formula is C49H52F2N6O8. The van der Waals surface area contributed by atoms with Gasteiger partial charge >= 0.3 is 0 Å². The zero-order valence-corrected chi connectivity index (χ0v) is 37.9. The summed E-state index contributed by atoms with van der Waals surface area (Å²) < 4.78 is 43.3. The lowest BCUT2D eigenvalue weighted by atomic mass is 9.78. The van der Waals surface area contributed by atoms with E-state index < -0.39 is 68.1 Å². The molecule has 4 heterocycles. The average molecular weight is 891 g/mol. The number of furan rings is 2. The first-order valence-corrected chi connectivity index (χ1v) is 21.6. The molecule has 2 aliphatic rings. The predicted octanol–water partition coefficient (Wildman–Crippen LogP) is 8.77. The third-order valence-corrected chi connectivity index (χ3v) is 12.9. The highest BCUT2D eigenvalue weighted by Gasteiger charge is 2.39. The zero-order chi connectivity index (χ0) is 47.2. The van der Waals surface area contributed by atoms with Crippen molar-refractivity contribution in [2.75, 3.05) is 21.3 Å². The number of benzene rings is 2. The maximum absolute atomic E-state index is 15.5. The van der Waals surface area contributed by atoms with Crippen LogP contribution in [0.2, 0.25) is 0 Å². The second-order valence-corrected chi connectivity index (χ2v) is 19.2. The van der Waals surface area contributed by atoms with Crippen molar-refractivity contribution >= 4 is 45.9 Å². The molecule has 2 aromatic heterocycles. The Morgan fingerprint density at radius 3 is 1.80 bits per heavy atom. The average Bonchev–Trinajstić information content (AvgIpc) is 3.98. The van der Waals surface area contributed by atoms with Crippen LogP contribution in [0.1, 0.15) is 151 Å². The van der Waals surface area contributed by atoms with Crippen LogP contribution >= 0.6 is 0 Å². The molecule has 14 nitrogen and oxygen atoms in total. The summed E-state index contributed by atoms with van der Waals surface area (Å²) in [5, 5.41) is 17.6. The van der Waals surface area contributed by atoms with Gasteiger partial charge < -0.3 is 40.7 Å². The molecule has 16 heteroatoms. The lowest BCUT2D eigenvalue weighted by molar-refractivity contribution is 0.0950. The summed E-state index contributed by atoms with van der Waals surface area (Å²) in [7, 11) is 0. The topological polar surface area (TPSA) is 201 Å². The zero-order valence-electron chi connectivity index (χ0n) is 37.9. The summed E-state index contributed by atoms with van der Waals surface area (Å²) >= 11 is 0. The van der Waals surface area contributed by atoms with Gasteiger partial charge in [0.05, 0.1) is 46.7 Å². The number of aryl methyl sites for hydroxylation is 4. The van der Waals surface area contributed by atoms with E-state index in [2.05, 4.69) is 31.9 Å². The van der Waals surface area contributed by atoms with Gasteiger partial charge in [-0.25, -0.2) is 8.78 Å². The Morgan fingerprint density at radius 1 is 0.631 bits per heavy atom. The molecule has 0 saturated heterocycles. The molecule has 0 fully saturated rings. The van der Waals surface area contributed by atoms with Crippen molar-refractivity contribution in [2.24, 2.45) is 10.8 Å². The second kappa shape index (κ2) is 16.0. The summed E-state index contributed by atoms with van der Waals surface area (Å²) in [5.41, 5.74) is -2.42. The van der Waals surface area contributed by atoms with E-state index in [-0.39, 0.29) is 57.3 Å². The quantitative estimate of drug-likeness (QED) is 0.0537. The molecule has 0 aliphatic carbocycles. The number of halogens is 2. The predicted molar refractivity (Wildman–Crippen MR) is 244 cm³/mol. The smallest absolute Gasteiger partial charge is 0.254 e. The number of carbonyl (C=O) groups excluding carboxylic acids is 2. The van der Waals surface area contributed by atoms with Crippen LogP contribution in [0.3, 0.4) is 0 Å². The highest BCUT2D eigenvalue weighted by atomic mass is 19.1. The van der Waals surface area contributed by atoms with Crippen LogP contribution in [0.5, 0.6) is 0 Å². The number of amides is 2. The molecular weight excluding hydrogens is 839 g/mol. The Morgan fingerprint density at radius 2 is 1.20 bits per heavy atom. The van der Waals surface area contributed by atoms with Crippen molar-refractivity contribution in [1.29, 1.82) is 0 Å². The van der Waals surface area contributed by atoms with Gasteiger partial charge in [0, 0.05) is 6.42 Å². The van der Waals surface area contributed by atoms with Crippen molar-refractivity contribution in [3.8, 4) is 0 Å². The molecule has 0 radical (unpaired) electrons. The number of rotatable bonds is 15. The number of nitrogens with one attached hydrogen (secondary N) is 6. The number of hydrogen-bond donors (Lipinski definition) is 6. The van der Waals surface area contributed by atoms with E-state index in [1.807, 2.05) is 47.6 Å². The first kappa shape index (κ1) is 44.8. The summed E-state index contributed by atoms with van der Waals surface area (Å²) in [6.07, 6.45) is 1.66. The minimum atomic E-state index is -0.848. The van der Waals surface area contributed by atoms with E-state index in [4.69, 9.17) is 8.83 Å². The lowest BCUT2D eigenvalue weighted by Crippen LogP contribution is -2.40. The Kier molecular flexibility index (Phi) is 11.0. The Labute approximate surface area is 373 Å². The molecule has 2 amide bonds. The number of hydrogen-bond acceptors (Lipinski definition) is 12. The summed E-state index contributed by atoms with van der Waals surface area (Å²) in [6.45, 7) is 18.8. The molecule has 4 aromatic carbocycles. The molecule has 0 saturated carbocycles. The van der Waals surface area contributed by atoms with E-state index in [1.165, 1.54) is 18.2 Å². The fourth-order valence-corrected chi connectivity index (χ4v) is 9.31. The van der Waals surface area contributed by atoms with Crippen LogP contribution in [0.15, 0.2) is 64.4 Å². The van der Waals surface area contributed by atoms with Gasteiger partial charge in [0.1, 0.15) is 57.4 Å². The first-order chi connectivity index (χ1) is 30.5. The molecule has 65 heavy (non-hydrogen) atoms. The standard InChI is InChI=1S/C49H52F2N6O8/c1-20-19-30(44(48(6,7)8)56-38-36(40(58)42(38)60)55-35-27(51)18-21(2)31-24(5)53-47(63)33(31)35)65-28(20)12-11-17-49(9,10)45(29-16-13-22(3)64-29)57-39-37(41(59)43(39)61)54-34-26(50)15-14-25-23(4)52-46(62)32(25)34/h13-16,18-19,23-24,44-45,54-57H,11-12,17H2,1-10H3,(H,52,62)(H,53,63)/t23-,24-,44-,45-/m0/s1. The molecule has 8 rings (SSSR count). The third kappa shape index (κ3) is 7.71. The molecule has 0 bridgehead atoms. The van der Waals surface area contributed by atoms with E-state index in [1.54, 1.807) is 39.8 Å². The lowest BCUT2D eigenvalue weighted by Gasteiger charge is -2.35. The van der Waals surface area contributed by atoms with Crippen LogP contribution in [0, 0.1) is 43.2 Å². The monoisotopic (exact) mass is 890 g/mol. The van der Waals surface area contributed by atoms with Gasteiger partial charge in [-0.2, -0.15) is 0 Å². The van der Waals surface area contributed by atoms with E-state index in [9.17, 15) is 28.8 Å². The van der Waals surface area contributed by atoms with Crippen LogP contribution < -0.4 is 53.6 Å². The van der Waals surface area contributed by atoms with Gasteiger partial charge in [-0.1, -0.05) is 40.7 Å². The number of anilines is 6. The molecule has 6 N–H and O–H groups in total. The fourth-order valence-electron chi connectivity index (χ4n) is 9.31. The van der Waals surface area contributed by atoms with E-state index >= 15 is 8.78 Å². The SMILES string of the molecule is Cc1ccc([C@H](Nc2c(Nc3c(F)ccc4c3C(=O)N[C@H]4C)c(=O)c2=O)C(C)(C)CCCc2oc([C@H](Nc3c(Nc4c(F)cc(C)c5c4C(=O)N[C@H]5C)c(=O)c3=O)C(C)(C)C)cc2C)o1. The van der Waals surface area contributed by atoms with Gasteiger partial charge in [-0.15, -0.1) is 0 Å². The summed E-state index contributed by atoms with van der Waals surface area (Å²) in [6, 6.07) is 7.51. The molecule has 4 atom stereocenters. The Hall–Kier alpha value is -6.84. The summed E-state index contributed by atoms with van der Waals surface area (Å²) in [5.74, 6) is -0.105. The van der Waals surface area contributed by atoms with Crippen molar-refractivity contribution < 1.29 is 27.2 Å². The molecule has 6 aromatic rings. The molecule has 2 aliphatic heterocycles. The molecule has 0 spiro atoms. The highest BCUT2D eigenvalue weighted by molar-refractivity contribution is 6.06. The van der Waals surface area contributed by atoms with Crippen LogP contribution in [-0.2, 0) is 6.42 Å².